The van der Waals surface area contributed by atoms with E-state index in [0.717, 1.165) is 32.9 Å². The van der Waals surface area contributed by atoms with Crippen molar-refractivity contribution in [3.63, 3.8) is 0 Å². The number of nitrogens with zero attached hydrogens (tertiary/aromatic N) is 4. The number of nitrogens with one attached hydrogen (secondary N) is 1. The van der Waals surface area contributed by atoms with Gasteiger partial charge in [0.05, 0.1) is 25.1 Å². The molecule has 1 aliphatic heterocycles. The molecule has 1 amide bonds. The number of rotatable bonds is 12. The predicted molar refractivity (Wildman–Crippen MR) is 182 cm³/mol. The van der Waals surface area contributed by atoms with Gasteiger partial charge in [-0.05, 0) is 42.3 Å². The van der Waals surface area contributed by atoms with Crippen LogP contribution in [0.2, 0.25) is 0 Å². The molecule has 1 atom stereocenters. The lowest BCUT2D eigenvalue weighted by molar-refractivity contribution is -0.138. The summed E-state index contributed by atoms with van der Waals surface area (Å²) in [5.74, 6) is -2.55. The molecule has 51 heavy (non-hydrogen) atoms. The number of alkyl halides is 3. The summed E-state index contributed by atoms with van der Waals surface area (Å²) < 4.78 is 58.8. The van der Waals surface area contributed by atoms with Crippen LogP contribution in [0.15, 0.2) is 82.4 Å². The zero-order valence-corrected chi connectivity index (χ0v) is 27.8. The van der Waals surface area contributed by atoms with E-state index in [1.807, 2.05) is 6.07 Å². The standard InChI is InChI=1S/C36H38F4N6O5/c1-23-32(44-17-15-43(16-18-44)20-24-7-5-10-26(19-24)33(49)42-14-13-31(47)48)34(50)46(22-30(41)25-8-3-2-4-9-25)35(51)45(23)21-27-28(36(38,39)40)11-6-12-29(27)37/h2-12,19,30H,13-18,20-22,41H2,1H3,(H,42,49)(H,47,48). The van der Waals surface area contributed by atoms with Crippen LogP contribution in [0.5, 0.6) is 0 Å². The normalized spacial score (nSPS) is 14.4. The topological polar surface area (TPSA) is 143 Å². The number of hydrogen-bond donors (Lipinski definition) is 3. The van der Waals surface area contributed by atoms with Crippen LogP contribution in [-0.4, -0.2) is 63.7 Å². The van der Waals surface area contributed by atoms with Gasteiger partial charge in [0.25, 0.3) is 11.5 Å². The van der Waals surface area contributed by atoms with Crippen molar-refractivity contribution in [2.45, 2.75) is 45.2 Å². The molecule has 5 rings (SSSR count). The Kier molecular flexibility index (Phi) is 11.4. The molecule has 0 radical (unpaired) electrons. The number of carboxylic acid groups (broad SMARTS) is 1. The minimum Gasteiger partial charge on any atom is -0.481 e. The molecule has 1 unspecified atom stereocenters. The first-order chi connectivity index (χ1) is 24.2. The molecule has 0 saturated carbocycles. The van der Waals surface area contributed by atoms with E-state index < -0.39 is 58.8 Å². The fraction of sp³-hybridized carbons (Fsp3) is 0.333. The van der Waals surface area contributed by atoms with Crippen molar-refractivity contribution in [3.8, 4) is 0 Å². The second-order valence-corrected chi connectivity index (χ2v) is 12.4. The lowest BCUT2D eigenvalue weighted by atomic mass is 10.1. The molecular formula is C36H38F4N6O5. The average Bonchev–Trinajstić information content (AvgIpc) is 3.09. The predicted octanol–water partition coefficient (Wildman–Crippen LogP) is 3.75. The number of aromatic nitrogens is 2. The number of hydrogen-bond acceptors (Lipinski definition) is 7. The van der Waals surface area contributed by atoms with Crippen molar-refractivity contribution in [2.75, 3.05) is 37.6 Å². The Morgan fingerprint density at radius 2 is 1.61 bits per heavy atom. The van der Waals surface area contributed by atoms with Crippen molar-refractivity contribution >= 4 is 17.6 Å². The van der Waals surface area contributed by atoms with E-state index in [9.17, 15) is 32.3 Å². The summed E-state index contributed by atoms with van der Waals surface area (Å²) in [6.07, 6.45) is -5.09. The molecule has 1 aliphatic rings. The maximum Gasteiger partial charge on any atom is 0.416 e. The van der Waals surface area contributed by atoms with Gasteiger partial charge in [0.2, 0.25) is 0 Å². The van der Waals surface area contributed by atoms with Crippen LogP contribution in [0.4, 0.5) is 23.2 Å². The molecule has 11 nitrogen and oxygen atoms in total. The molecule has 1 fully saturated rings. The SMILES string of the molecule is Cc1c(N2CCN(Cc3cccc(C(=O)NCCC(=O)O)c3)CC2)c(=O)n(CC(N)c2ccccc2)c(=O)n1Cc1c(F)cccc1C(F)(F)F. The number of benzene rings is 3. The van der Waals surface area contributed by atoms with Crippen molar-refractivity contribution in [3.05, 3.63) is 133 Å². The van der Waals surface area contributed by atoms with E-state index in [-0.39, 0.29) is 30.9 Å². The van der Waals surface area contributed by atoms with Crippen molar-refractivity contribution in [1.82, 2.24) is 19.4 Å². The molecule has 4 aromatic rings. The van der Waals surface area contributed by atoms with Crippen molar-refractivity contribution in [1.29, 1.82) is 0 Å². The minimum absolute atomic E-state index is 0.00321. The van der Waals surface area contributed by atoms with E-state index in [1.54, 1.807) is 53.4 Å². The number of nitrogens with two attached hydrogens (primary N) is 1. The van der Waals surface area contributed by atoms with Gasteiger partial charge in [-0.3, -0.25) is 28.4 Å². The van der Waals surface area contributed by atoms with Gasteiger partial charge in [0, 0.05) is 62.1 Å². The summed E-state index contributed by atoms with van der Waals surface area (Å²) in [5, 5.41) is 11.4. The second kappa shape index (κ2) is 15.7. The third kappa shape index (κ3) is 8.72. The van der Waals surface area contributed by atoms with Gasteiger partial charge >= 0.3 is 17.8 Å². The lowest BCUT2D eigenvalue weighted by Gasteiger charge is -2.37. The summed E-state index contributed by atoms with van der Waals surface area (Å²) in [7, 11) is 0. The molecule has 3 aromatic carbocycles. The van der Waals surface area contributed by atoms with Crippen LogP contribution in [-0.2, 0) is 30.6 Å². The Hall–Kier alpha value is -5.28. The van der Waals surface area contributed by atoms with Gasteiger partial charge in [-0.15, -0.1) is 0 Å². The smallest absolute Gasteiger partial charge is 0.416 e. The molecule has 0 spiro atoms. The fourth-order valence-corrected chi connectivity index (χ4v) is 6.23. The molecule has 1 saturated heterocycles. The highest BCUT2D eigenvalue weighted by Gasteiger charge is 2.35. The number of carbonyl (C=O) groups is 2. The van der Waals surface area contributed by atoms with E-state index in [4.69, 9.17) is 10.8 Å². The number of halogens is 4. The monoisotopic (exact) mass is 710 g/mol. The van der Waals surface area contributed by atoms with Crippen LogP contribution >= 0.6 is 0 Å². The Labute approximate surface area is 290 Å². The summed E-state index contributed by atoms with van der Waals surface area (Å²) in [6.45, 7) is 2.46. The maximum atomic E-state index is 15.0. The van der Waals surface area contributed by atoms with E-state index >= 15 is 4.39 Å². The van der Waals surface area contributed by atoms with Crippen LogP contribution < -0.4 is 27.2 Å². The Balaban J connectivity index is 1.43. The van der Waals surface area contributed by atoms with Crippen LogP contribution in [0.25, 0.3) is 0 Å². The lowest BCUT2D eigenvalue weighted by Crippen LogP contribution is -2.51. The number of amides is 1. The maximum absolute atomic E-state index is 15.0. The highest BCUT2D eigenvalue weighted by atomic mass is 19.4. The number of anilines is 1. The van der Waals surface area contributed by atoms with Gasteiger partial charge in [0.1, 0.15) is 11.5 Å². The highest BCUT2D eigenvalue weighted by Crippen LogP contribution is 2.33. The van der Waals surface area contributed by atoms with Crippen LogP contribution in [0.3, 0.4) is 0 Å². The van der Waals surface area contributed by atoms with Gasteiger partial charge in [0.15, 0.2) is 0 Å². The van der Waals surface area contributed by atoms with Gasteiger partial charge < -0.3 is 21.1 Å². The third-order valence-corrected chi connectivity index (χ3v) is 8.91. The first-order valence-corrected chi connectivity index (χ1v) is 16.3. The zero-order chi connectivity index (χ0) is 36.9. The second-order valence-electron chi connectivity index (χ2n) is 12.4. The molecule has 1 aromatic heterocycles. The number of carbonyl (C=O) groups excluding carboxylic acids is 1. The first-order valence-electron chi connectivity index (χ1n) is 16.3. The summed E-state index contributed by atoms with van der Waals surface area (Å²) in [6, 6.07) is 17.5. The molecule has 0 bridgehead atoms. The van der Waals surface area contributed by atoms with E-state index in [0.29, 0.717) is 43.9 Å². The van der Waals surface area contributed by atoms with Gasteiger partial charge in [-0.1, -0.05) is 48.5 Å². The van der Waals surface area contributed by atoms with E-state index in [1.165, 1.54) is 6.92 Å². The summed E-state index contributed by atoms with van der Waals surface area (Å²) >= 11 is 0. The Morgan fingerprint density at radius 3 is 2.27 bits per heavy atom. The Morgan fingerprint density at radius 1 is 0.922 bits per heavy atom. The van der Waals surface area contributed by atoms with Crippen molar-refractivity contribution < 1.29 is 32.3 Å². The molecule has 15 heteroatoms. The molecule has 2 heterocycles. The Bertz CT molecular complexity index is 2010. The fourth-order valence-electron chi connectivity index (χ4n) is 6.23. The largest absolute Gasteiger partial charge is 0.481 e. The average molecular weight is 711 g/mol. The van der Waals surface area contributed by atoms with E-state index in [2.05, 4.69) is 10.2 Å². The quantitative estimate of drug-likeness (QED) is 0.189. The number of carboxylic acids is 1. The molecular weight excluding hydrogens is 672 g/mol. The number of aliphatic carboxylic acids is 1. The molecule has 4 N–H and O–H groups in total. The van der Waals surface area contributed by atoms with Crippen LogP contribution in [0.1, 0.15) is 50.8 Å². The third-order valence-electron chi connectivity index (χ3n) is 8.91. The zero-order valence-electron chi connectivity index (χ0n) is 27.8. The highest BCUT2D eigenvalue weighted by molar-refractivity contribution is 5.94. The molecule has 0 aliphatic carbocycles. The van der Waals surface area contributed by atoms with Crippen molar-refractivity contribution in [2.24, 2.45) is 5.73 Å². The molecule has 270 valence electrons. The van der Waals surface area contributed by atoms with Gasteiger partial charge in [-0.2, -0.15) is 13.2 Å². The van der Waals surface area contributed by atoms with Gasteiger partial charge in [-0.25, -0.2) is 9.18 Å². The van der Waals surface area contributed by atoms with Crippen LogP contribution in [0, 0.1) is 12.7 Å². The number of piperazine rings is 1. The first kappa shape index (κ1) is 37.0. The minimum atomic E-state index is -4.89. The summed E-state index contributed by atoms with van der Waals surface area (Å²) in [5.41, 5.74) is 4.98. The summed E-state index contributed by atoms with van der Waals surface area (Å²) in [4.78, 5) is 55.1.